The highest BCUT2D eigenvalue weighted by molar-refractivity contribution is 6.31. The Morgan fingerprint density at radius 2 is 2.15 bits per heavy atom. The van der Waals surface area contributed by atoms with Crippen molar-refractivity contribution in [3.63, 3.8) is 0 Å². The Kier molecular flexibility index (Phi) is 5.80. The van der Waals surface area contributed by atoms with Gasteiger partial charge in [-0.05, 0) is 44.5 Å². The van der Waals surface area contributed by atoms with Crippen LogP contribution >= 0.6 is 11.6 Å². The van der Waals surface area contributed by atoms with E-state index in [1.54, 1.807) is 39.0 Å². The molecular formula is C14H21ClN2O3. The summed E-state index contributed by atoms with van der Waals surface area (Å²) in [7, 11) is 0. The Morgan fingerprint density at radius 1 is 1.50 bits per heavy atom. The first kappa shape index (κ1) is 16.8. The van der Waals surface area contributed by atoms with Crippen LogP contribution in [0.1, 0.15) is 26.3 Å². The molecule has 20 heavy (non-hydrogen) atoms. The average Bonchev–Trinajstić information content (AvgIpc) is 2.30. The number of carbonyl (C=O) groups excluding carboxylic acids is 1. The van der Waals surface area contributed by atoms with Crippen LogP contribution in [-0.4, -0.2) is 29.4 Å². The first-order chi connectivity index (χ1) is 9.21. The van der Waals surface area contributed by atoms with Crippen LogP contribution < -0.4 is 11.1 Å². The largest absolute Gasteiger partial charge is 0.444 e. The molecule has 0 saturated carbocycles. The van der Waals surface area contributed by atoms with Crippen molar-refractivity contribution >= 4 is 23.4 Å². The smallest absolute Gasteiger partial charge is 0.412 e. The van der Waals surface area contributed by atoms with Crippen molar-refractivity contribution in [3.05, 3.63) is 28.8 Å². The van der Waals surface area contributed by atoms with E-state index in [1.165, 1.54) is 0 Å². The third-order valence-corrected chi connectivity index (χ3v) is 2.79. The molecule has 6 heteroatoms. The summed E-state index contributed by atoms with van der Waals surface area (Å²) in [6, 6.07) is 5.03. The molecule has 0 aliphatic carbocycles. The van der Waals surface area contributed by atoms with E-state index in [2.05, 4.69) is 5.32 Å². The fraction of sp³-hybridized carbons (Fsp3) is 0.500. The second-order valence-corrected chi connectivity index (χ2v) is 5.93. The van der Waals surface area contributed by atoms with Gasteiger partial charge in [0.2, 0.25) is 0 Å². The van der Waals surface area contributed by atoms with Gasteiger partial charge >= 0.3 is 6.09 Å². The Bertz CT molecular complexity index is 472. The molecular weight excluding hydrogens is 280 g/mol. The summed E-state index contributed by atoms with van der Waals surface area (Å²) >= 11 is 6.04. The van der Waals surface area contributed by atoms with Gasteiger partial charge in [0.05, 0.1) is 6.10 Å². The van der Waals surface area contributed by atoms with Crippen LogP contribution in [-0.2, 0) is 11.2 Å². The quantitative estimate of drug-likeness (QED) is 0.798. The second-order valence-electron chi connectivity index (χ2n) is 5.53. The molecule has 5 nitrogen and oxygen atoms in total. The van der Waals surface area contributed by atoms with Gasteiger partial charge in [0.25, 0.3) is 0 Å². The second kappa shape index (κ2) is 6.92. The van der Waals surface area contributed by atoms with Crippen molar-refractivity contribution in [1.82, 2.24) is 0 Å². The number of carbonyl (C=O) groups is 1. The van der Waals surface area contributed by atoms with Crippen LogP contribution in [0.5, 0.6) is 0 Å². The molecule has 1 aromatic rings. The molecule has 112 valence electrons. The summed E-state index contributed by atoms with van der Waals surface area (Å²) < 4.78 is 5.16. The van der Waals surface area contributed by atoms with Gasteiger partial charge < -0.3 is 15.6 Å². The molecule has 0 bridgehead atoms. The zero-order valence-electron chi connectivity index (χ0n) is 11.9. The number of hydrogen-bond donors (Lipinski definition) is 3. The molecule has 0 aromatic heterocycles. The Labute approximate surface area is 124 Å². The summed E-state index contributed by atoms with van der Waals surface area (Å²) in [5.41, 5.74) is 6.09. The average molecular weight is 301 g/mol. The maximum absolute atomic E-state index is 11.7. The molecule has 1 unspecified atom stereocenters. The lowest BCUT2D eigenvalue weighted by molar-refractivity contribution is 0.0636. The molecule has 0 radical (unpaired) electrons. The van der Waals surface area contributed by atoms with E-state index in [9.17, 15) is 9.90 Å². The summed E-state index contributed by atoms with van der Waals surface area (Å²) in [4.78, 5) is 11.7. The first-order valence-electron chi connectivity index (χ1n) is 6.38. The number of aliphatic hydroxyl groups is 1. The molecule has 0 saturated heterocycles. The number of ether oxygens (including phenoxy) is 1. The minimum atomic E-state index is -0.663. The molecule has 1 rings (SSSR count). The van der Waals surface area contributed by atoms with E-state index in [0.29, 0.717) is 17.1 Å². The topological polar surface area (TPSA) is 84.6 Å². The van der Waals surface area contributed by atoms with Crippen molar-refractivity contribution in [2.45, 2.75) is 38.9 Å². The van der Waals surface area contributed by atoms with Crippen LogP contribution in [0.2, 0.25) is 5.02 Å². The minimum Gasteiger partial charge on any atom is -0.444 e. The predicted octanol–water partition coefficient (Wildman–Crippen LogP) is 2.55. The van der Waals surface area contributed by atoms with Crippen LogP contribution in [0.4, 0.5) is 10.5 Å². The predicted molar refractivity (Wildman–Crippen MR) is 80.1 cm³/mol. The van der Waals surface area contributed by atoms with Crippen molar-refractivity contribution in [2.75, 3.05) is 11.9 Å². The lowest BCUT2D eigenvalue weighted by atomic mass is 10.1. The van der Waals surface area contributed by atoms with E-state index in [1.807, 2.05) is 0 Å². The number of aliphatic hydroxyl groups excluding tert-OH is 1. The van der Waals surface area contributed by atoms with Crippen LogP contribution in [0.15, 0.2) is 18.2 Å². The minimum absolute atomic E-state index is 0.153. The maximum Gasteiger partial charge on any atom is 0.412 e. The number of halogens is 1. The number of benzene rings is 1. The third kappa shape index (κ3) is 5.77. The Balaban J connectivity index is 2.77. The first-order valence-corrected chi connectivity index (χ1v) is 6.75. The fourth-order valence-electron chi connectivity index (χ4n) is 1.57. The highest BCUT2D eigenvalue weighted by Crippen LogP contribution is 2.22. The maximum atomic E-state index is 11.7. The molecule has 4 N–H and O–H groups in total. The van der Waals surface area contributed by atoms with Crippen LogP contribution in [0, 0.1) is 0 Å². The summed E-state index contributed by atoms with van der Waals surface area (Å²) in [6.07, 6.45) is -0.867. The third-order valence-electron chi connectivity index (χ3n) is 2.42. The summed E-state index contributed by atoms with van der Waals surface area (Å²) in [5, 5.41) is 12.7. The van der Waals surface area contributed by atoms with Gasteiger partial charge in [-0.3, -0.25) is 5.32 Å². The molecule has 0 heterocycles. The number of nitrogens with two attached hydrogens (primary N) is 1. The normalized spacial score (nSPS) is 12.9. The highest BCUT2D eigenvalue weighted by Gasteiger charge is 2.16. The van der Waals surface area contributed by atoms with Gasteiger partial charge in [-0.15, -0.1) is 0 Å². The van der Waals surface area contributed by atoms with Gasteiger partial charge in [0, 0.05) is 23.7 Å². The number of hydrogen-bond acceptors (Lipinski definition) is 4. The SMILES string of the molecule is CC(C)(C)OC(=O)Nc1ccc(Cl)c(CC(O)CN)c1. The number of amides is 1. The number of anilines is 1. The number of rotatable bonds is 4. The van der Waals surface area contributed by atoms with Crippen LogP contribution in [0.3, 0.4) is 0 Å². The zero-order chi connectivity index (χ0) is 15.3. The van der Waals surface area contributed by atoms with E-state index in [-0.39, 0.29) is 6.54 Å². The fourth-order valence-corrected chi connectivity index (χ4v) is 1.76. The van der Waals surface area contributed by atoms with Gasteiger partial charge in [0.15, 0.2) is 0 Å². The van der Waals surface area contributed by atoms with Gasteiger partial charge in [0.1, 0.15) is 5.60 Å². The molecule has 1 amide bonds. The van der Waals surface area contributed by atoms with Crippen molar-refractivity contribution < 1.29 is 14.6 Å². The lowest BCUT2D eigenvalue weighted by Gasteiger charge is -2.20. The summed E-state index contributed by atoms with van der Waals surface area (Å²) in [6.45, 7) is 5.52. The lowest BCUT2D eigenvalue weighted by Crippen LogP contribution is -2.27. The van der Waals surface area contributed by atoms with Gasteiger partial charge in [-0.2, -0.15) is 0 Å². The molecule has 1 aromatic carbocycles. The van der Waals surface area contributed by atoms with E-state index >= 15 is 0 Å². The standard InChI is InChI=1S/C14H21ClN2O3/c1-14(2,3)20-13(19)17-10-4-5-12(15)9(6-10)7-11(18)8-16/h4-6,11,18H,7-8,16H2,1-3H3,(H,17,19). The van der Waals surface area contributed by atoms with Crippen molar-refractivity contribution in [3.8, 4) is 0 Å². The number of nitrogens with one attached hydrogen (secondary N) is 1. The van der Waals surface area contributed by atoms with E-state index in [0.717, 1.165) is 5.56 Å². The monoisotopic (exact) mass is 300 g/mol. The van der Waals surface area contributed by atoms with Crippen molar-refractivity contribution in [1.29, 1.82) is 0 Å². The zero-order valence-corrected chi connectivity index (χ0v) is 12.7. The molecule has 0 fully saturated rings. The molecule has 0 spiro atoms. The molecule has 0 aliphatic rings. The summed E-state index contributed by atoms with van der Waals surface area (Å²) in [5.74, 6) is 0. The molecule has 1 atom stereocenters. The van der Waals surface area contributed by atoms with Crippen LogP contribution in [0.25, 0.3) is 0 Å². The van der Waals surface area contributed by atoms with Gasteiger partial charge in [-0.25, -0.2) is 4.79 Å². The Hall–Kier alpha value is -1.30. The van der Waals surface area contributed by atoms with Crippen molar-refractivity contribution in [2.24, 2.45) is 5.73 Å². The van der Waals surface area contributed by atoms with E-state index in [4.69, 9.17) is 22.1 Å². The Morgan fingerprint density at radius 3 is 2.70 bits per heavy atom. The van der Waals surface area contributed by atoms with Gasteiger partial charge in [-0.1, -0.05) is 11.6 Å². The van der Waals surface area contributed by atoms with E-state index < -0.39 is 17.8 Å². The molecule has 0 aliphatic heterocycles. The highest BCUT2D eigenvalue weighted by atomic mass is 35.5.